The lowest BCUT2D eigenvalue weighted by Crippen LogP contribution is -2.26. The highest BCUT2D eigenvalue weighted by Gasteiger charge is 2.07. The number of benzene rings is 1. The first-order valence-corrected chi connectivity index (χ1v) is 5.63. The summed E-state index contributed by atoms with van der Waals surface area (Å²) in [7, 11) is 1.32. The number of aromatic nitrogens is 1. The first kappa shape index (κ1) is 12.2. The van der Waals surface area contributed by atoms with Crippen LogP contribution in [0.1, 0.15) is 16.8 Å². The van der Waals surface area contributed by atoms with Crippen molar-refractivity contribution in [3.8, 4) is 0 Å². The van der Waals surface area contributed by atoms with E-state index in [0.717, 1.165) is 10.9 Å². The normalized spacial score (nSPS) is 10.3. The monoisotopic (exact) mass is 246 g/mol. The number of amides is 1. The molecule has 0 bridgehead atoms. The molecule has 0 unspecified atom stereocenters. The van der Waals surface area contributed by atoms with E-state index in [-0.39, 0.29) is 24.8 Å². The third kappa shape index (κ3) is 2.68. The highest BCUT2D eigenvalue weighted by molar-refractivity contribution is 5.98. The van der Waals surface area contributed by atoms with Gasteiger partial charge in [0.2, 0.25) is 0 Å². The molecule has 0 saturated carbocycles. The maximum atomic E-state index is 11.8. The quantitative estimate of drug-likeness (QED) is 0.802. The van der Waals surface area contributed by atoms with E-state index in [1.54, 1.807) is 12.1 Å². The van der Waals surface area contributed by atoms with Crippen LogP contribution in [0.25, 0.3) is 10.9 Å². The number of hydrogen-bond donors (Lipinski definition) is 2. The molecule has 1 aromatic heterocycles. The van der Waals surface area contributed by atoms with Crippen molar-refractivity contribution in [2.75, 3.05) is 13.7 Å². The van der Waals surface area contributed by atoms with Gasteiger partial charge in [-0.25, -0.2) is 0 Å². The molecule has 0 aliphatic heterocycles. The van der Waals surface area contributed by atoms with E-state index >= 15 is 0 Å². The molecule has 1 aromatic carbocycles. The number of carbonyl (C=O) groups is 2. The molecule has 0 saturated heterocycles. The van der Waals surface area contributed by atoms with Gasteiger partial charge >= 0.3 is 5.97 Å². The molecule has 2 rings (SSSR count). The summed E-state index contributed by atoms with van der Waals surface area (Å²) in [6.45, 7) is 0.272. The van der Waals surface area contributed by atoms with Crippen molar-refractivity contribution >= 4 is 22.8 Å². The summed E-state index contributed by atoms with van der Waals surface area (Å²) < 4.78 is 4.49. The zero-order chi connectivity index (χ0) is 13.0. The Kier molecular flexibility index (Phi) is 3.62. The van der Waals surface area contributed by atoms with Gasteiger partial charge in [0.1, 0.15) is 0 Å². The Bertz CT molecular complexity index is 574. The van der Waals surface area contributed by atoms with Crippen molar-refractivity contribution in [1.82, 2.24) is 10.3 Å². The molecule has 5 nitrogen and oxygen atoms in total. The summed E-state index contributed by atoms with van der Waals surface area (Å²) in [6, 6.07) is 7.35. The number of esters is 1. The molecule has 2 aromatic rings. The van der Waals surface area contributed by atoms with E-state index < -0.39 is 0 Å². The van der Waals surface area contributed by atoms with Crippen molar-refractivity contribution in [3.05, 3.63) is 36.0 Å². The van der Waals surface area contributed by atoms with Crippen molar-refractivity contribution in [3.63, 3.8) is 0 Å². The largest absolute Gasteiger partial charge is 0.469 e. The number of H-pyrrole nitrogens is 1. The molecule has 0 spiro atoms. The van der Waals surface area contributed by atoms with Crippen LogP contribution in [0.5, 0.6) is 0 Å². The summed E-state index contributed by atoms with van der Waals surface area (Å²) >= 11 is 0. The molecule has 0 aliphatic carbocycles. The molecule has 5 heteroatoms. The number of fused-ring (bicyclic) bond motifs is 1. The summed E-state index contributed by atoms with van der Waals surface area (Å²) in [5.74, 6) is -0.537. The molecule has 1 heterocycles. The van der Waals surface area contributed by atoms with Gasteiger partial charge in [0.25, 0.3) is 5.91 Å². The highest BCUT2D eigenvalue weighted by Crippen LogP contribution is 2.13. The summed E-state index contributed by atoms with van der Waals surface area (Å²) in [4.78, 5) is 25.7. The molecule has 0 aliphatic rings. The second-order valence-electron chi connectivity index (χ2n) is 3.86. The number of carbonyl (C=O) groups excluding carboxylic acids is 2. The lowest BCUT2D eigenvalue weighted by molar-refractivity contribution is -0.140. The van der Waals surface area contributed by atoms with E-state index in [1.807, 2.05) is 18.3 Å². The zero-order valence-electron chi connectivity index (χ0n) is 10.0. The number of aromatic amines is 1. The van der Waals surface area contributed by atoms with Crippen molar-refractivity contribution in [2.45, 2.75) is 6.42 Å². The van der Waals surface area contributed by atoms with E-state index in [0.29, 0.717) is 5.56 Å². The third-order valence-electron chi connectivity index (χ3n) is 2.66. The zero-order valence-corrected chi connectivity index (χ0v) is 10.0. The van der Waals surface area contributed by atoms with Gasteiger partial charge in [-0.2, -0.15) is 0 Å². The average molecular weight is 246 g/mol. The fourth-order valence-electron chi connectivity index (χ4n) is 1.67. The Hall–Kier alpha value is -2.30. The highest BCUT2D eigenvalue weighted by atomic mass is 16.5. The van der Waals surface area contributed by atoms with Crippen molar-refractivity contribution in [2.24, 2.45) is 0 Å². The van der Waals surface area contributed by atoms with Crippen LogP contribution in [-0.2, 0) is 9.53 Å². The van der Waals surface area contributed by atoms with Gasteiger partial charge in [0.15, 0.2) is 0 Å². The Morgan fingerprint density at radius 1 is 1.33 bits per heavy atom. The van der Waals surface area contributed by atoms with Crippen LogP contribution in [0.15, 0.2) is 30.5 Å². The molecule has 18 heavy (non-hydrogen) atoms. The lowest BCUT2D eigenvalue weighted by atomic mass is 10.1. The molecule has 0 atom stereocenters. The SMILES string of the molecule is COC(=O)CCNC(=O)c1ccc2cc[nH]c2c1. The van der Waals surface area contributed by atoms with Gasteiger partial charge in [-0.3, -0.25) is 9.59 Å². The topological polar surface area (TPSA) is 71.2 Å². The second kappa shape index (κ2) is 5.35. The van der Waals surface area contributed by atoms with Crippen molar-refractivity contribution in [1.29, 1.82) is 0 Å². The summed E-state index contributed by atoms with van der Waals surface area (Å²) in [5, 5.41) is 3.72. The number of rotatable bonds is 4. The molecular formula is C13H14N2O3. The number of methoxy groups -OCH3 is 1. The van der Waals surface area contributed by atoms with Crippen LogP contribution in [0.3, 0.4) is 0 Å². The van der Waals surface area contributed by atoms with E-state index in [9.17, 15) is 9.59 Å². The van der Waals surface area contributed by atoms with Crippen LogP contribution >= 0.6 is 0 Å². The molecule has 0 fully saturated rings. The van der Waals surface area contributed by atoms with Gasteiger partial charge in [-0.05, 0) is 23.6 Å². The fraction of sp³-hybridized carbons (Fsp3) is 0.231. The minimum absolute atomic E-state index is 0.174. The molecular weight excluding hydrogens is 232 g/mol. The van der Waals surface area contributed by atoms with Gasteiger partial charge in [-0.15, -0.1) is 0 Å². The smallest absolute Gasteiger partial charge is 0.307 e. The first-order chi connectivity index (χ1) is 8.70. The van der Waals surface area contributed by atoms with Gasteiger partial charge in [-0.1, -0.05) is 6.07 Å². The predicted octanol–water partition coefficient (Wildman–Crippen LogP) is 1.46. The maximum absolute atomic E-state index is 11.8. The minimum Gasteiger partial charge on any atom is -0.469 e. The van der Waals surface area contributed by atoms with Crippen LogP contribution in [-0.4, -0.2) is 30.5 Å². The third-order valence-corrected chi connectivity index (χ3v) is 2.66. The Labute approximate surface area is 104 Å². The number of hydrogen-bond acceptors (Lipinski definition) is 3. The summed E-state index contributed by atoms with van der Waals surface area (Å²) in [5.41, 5.74) is 1.48. The minimum atomic E-state index is -0.338. The molecule has 0 radical (unpaired) electrons. The number of nitrogens with one attached hydrogen (secondary N) is 2. The second-order valence-corrected chi connectivity index (χ2v) is 3.86. The van der Waals surface area contributed by atoms with Gasteiger partial charge < -0.3 is 15.0 Å². The average Bonchev–Trinajstić information content (AvgIpc) is 2.85. The Morgan fingerprint density at radius 2 is 2.17 bits per heavy atom. The predicted molar refractivity (Wildman–Crippen MR) is 67.3 cm³/mol. The molecule has 1 amide bonds. The first-order valence-electron chi connectivity index (χ1n) is 5.63. The molecule has 94 valence electrons. The van der Waals surface area contributed by atoms with Crippen LogP contribution in [0.2, 0.25) is 0 Å². The van der Waals surface area contributed by atoms with E-state index in [4.69, 9.17) is 0 Å². The van der Waals surface area contributed by atoms with E-state index in [1.165, 1.54) is 7.11 Å². The van der Waals surface area contributed by atoms with Gasteiger partial charge in [0.05, 0.1) is 13.5 Å². The maximum Gasteiger partial charge on any atom is 0.307 e. The number of ether oxygens (including phenoxy) is 1. The fourth-order valence-corrected chi connectivity index (χ4v) is 1.67. The van der Waals surface area contributed by atoms with Gasteiger partial charge in [0, 0.05) is 23.8 Å². The summed E-state index contributed by atoms with van der Waals surface area (Å²) in [6.07, 6.45) is 2.00. The van der Waals surface area contributed by atoms with Crippen LogP contribution in [0, 0.1) is 0 Å². The van der Waals surface area contributed by atoms with E-state index in [2.05, 4.69) is 15.0 Å². The Morgan fingerprint density at radius 3 is 2.94 bits per heavy atom. The Balaban J connectivity index is 1.97. The van der Waals surface area contributed by atoms with Crippen LogP contribution in [0.4, 0.5) is 0 Å². The van der Waals surface area contributed by atoms with Crippen molar-refractivity contribution < 1.29 is 14.3 Å². The van der Waals surface area contributed by atoms with Crippen LogP contribution < -0.4 is 5.32 Å². The molecule has 2 N–H and O–H groups in total. The lowest BCUT2D eigenvalue weighted by Gasteiger charge is -2.04. The standard InChI is InChI=1S/C13H14N2O3/c1-18-12(16)5-7-15-13(17)10-3-2-9-4-6-14-11(9)8-10/h2-4,6,8,14H,5,7H2,1H3,(H,15,17).